The van der Waals surface area contributed by atoms with E-state index in [4.69, 9.17) is 4.74 Å². The third-order valence-corrected chi connectivity index (χ3v) is 7.53. The summed E-state index contributed by atoms with van der Waals surface area (Å²) in [7, 11) is -4.09. The Balaban J connectivity index is 1.76. The van der Waals surface area contributed by atoms with Crippen LogP contribution in [0.2, 0.25) is 0 Å². The van der Waals surface area contributed by atoms with Crippen LogP contribution in [0.4, 0.5) is 4.39 Å². The van der Waals surface area contributed by atoms with Crippen molar-refractivity contribution in [1.29, 1.82) is 0 Å². The van der Waals surface area contributed by atoms with E-state index in [1.165, 1.54) is 55.5 Å². The lowest BCUT2D eigenvalue weighted by molar-refractivity contribution is 0.101. The lowest BCUT2D eigenvalue weighted by Gasteiger charge is -2.22. The zero-order valence-electron chi connectivity index (χ0n) is 19.8. The standard InChI is InChI=1S/C27H25FN2O5S/c1-3-35-24-10-13-26-21(15-24)14-22(27(32)29-26)17-30(16-19-4-8-23(28)9-5-19)36(33,34)25-11-6-20(7-12-25)18(2)31/h4-15H,3,16-17H2,1-2H3,(H,29,32). The van der Waals surface area contributed by atoms with Gasteiger partial charge in [-0.3, -0.25) is 9.59 Å². The fraction of sp³-hybridized carbons (Fsp3) is 0.185. The highest BCUT2D eigenvalue weighted by Crippen LogP contribution is 2.24. The lowest BCUT2D eigenvalue weighted by Crippen LogP contribution is -2.32. The number of fused-ring (bicyclic) bond motifs is 1. The number of ketones is 1. The van der Waals surface area contributed by atoms with E-state index in [0.29, 0.717) is 34.4 Å². The maximum absolute atomic E-state index is 13.6. The summed E-state index contributed by atoms with van der Waals surface area (Å²) in [5.74, 6) is 0.00430. The zero-order valence-corrected chi connectivity index (χ0v) is 20.6. The van der Waals surface area contributed by atoms with Gasteiger partial charge in [0, 0.05) is 35.1 Å². The molecule has 0 aliphatic carbocycles. The van der Waals surface area contributed by atoms with Crippen LogP contribution in [0.3, 0.4) is 0 Å². The first-order chi connectivity index (χ1) is 17.2. The van der Waals surface area contributed by atoms with Gasteiger partial charge in [-0.1, -0.05) is 24.3 Å². The molecule has 4 aromatic rings. The molecule has 0 bridgehead atoms. The summed E-state index contributed by atoms with van der Waals surface area (Å²) in [5.41, 5.74) is 1.35. The summed E-state index contributed by atoms with van der Waals surface area (Å²) in [5, 5.41) is 0.695. The van der Waals surface area contributed by atoms with Crippen LogP contribution >= 0.6 is 0 Å². The highest BCUT2D eigenvalue weighted by atomic mass is 32.2. The summed E-state index contributed by atoms with van der Waals surface area (Å²) in [6.45, 7) is 3.43. The van der Waals surface area contributed by atoms with Crippen LogP contribution in [-0.2, 0) is 23.1 Å². The summed E-state index contributed by atoms with van der Waals surface area (Å²) >= 11 is 0. The van der Waals surface area contributed by atoms with Gasteiger partial charge < -0.3 is 9.72 Å². The maximum Gasteiger partial charge on any atom is 0.252 e. The molecule has 3 aromatic carbocycles. The molecule has 0 unspecified atom stereocenters. The van der Waals surface area contributed by atoms with E-state index in [1.54, 1.807) is 24.3 Å². The van der Waals surface area contributed by atoms with Gasteiger partial charge in [0.15, 0.2) is 5.78 Å². The Bertz CT molecular complexity index is 1560. The molecule has 36 heavy (non-hydrogen) atoms. The number of aromatic amines is 1. The number of nitrogens with zero attached hydrogens (tertiary/aromatic N) is 1. The largest absolute Gasteiger partial charge is 0.494 e. The number of aromatic nitrogens is 1. The van der Waals surface area contributed by atoms with Crippen LogP contribution in [0.25, 0.3) is 10.9 Å². The number of nitrogens with one attached hydrogen (secondary N) is 1. The van der Waals surface area contributed by atoms with E-state index in [1.807, 2.05) is 6.92 Å². The van der Waals surface area contributed by atoms with E-state index >= 15 is 0 Å². The average molecular weight is 509 g/mol. The van der Waals surface area contributed by atoms with Crippen LogP contribution < -0.4 is 10.3 Å². The first kappa shape index (κ1) is 25.3. The van der Waals surface area contributed by atoms with Crippen molar-refractivity contribution in [2.24, 2.45) is 0 Å². The van der Waals surface area contributed by atoms with Gasteiger partial charge in [-0.15, -0.1) is 0 Å². The van der Waals surface area contributed by atoms with Crippen molar-refractivity contribution < 1.29 is 22.3 Å². The van der Waals surface area contributed by atoms with Gasteiger partial charge in [-0.05, 0) is 67.9 Å². The van der Waals surface area contributed by atoms with Gasteiger partial charge in [-0.2, -0.15) is 4.31 Å². The molecule has 0 atom stereocenters. The van der Waals surface area contributed by atoms with E-state index < -0.39 is 21.4 Å². The van der Waals surface area contributed by atoms with Crippen LogP contribution in [-0.4, -0.2) is 30.1 Å². The number of Topliss-reactive ketones (excluding diaryl/α,β-unsaturated/α-hetero) is 1. The highest BCUT2D eigenvalue weighted by Gasteiger charge is 2.26. The molecule has 4 rings (SSSR count). The van der Waals surface area contributed by atoms with Crippen LogP contribution in [0.15, 0.2) is 82.5 Å². The summed E-state index contributed by atoms with van der Waals surface area (Å²) in [6.07, 6.45) is 0. The molecular formula is C27H25FN2O5S. The van der Waals surface area contributed by atoms with Gasteiger partial charge in [0.2, 0.25) is 10.0 Å². The van der Waals surface area contributed by atoms with Crippen molar-refractivity contribution >= 4 is 26.7 Å². The van der Waals surface area contributed by atoms with Crippen LogP contribution in [0.1, 0.15) is 35.3 Å². The first-order valence-electron chi connectivity index (χ1n) is 11.3. The van der Waals surface area contributed by atoms with Gasteiger partial charge in [0.05, 0.1) is 11.5 Å². The average Bonchev–Trinajstić information content (AvgIpc) is 2.85. The Labute approximate surface area is 208 Å². The Kier molecular flexibility index (Phi) is 7.32. The number of hydrogen-bond acceptors (Lipinski definition) is 5. The number of carbonyl (C=O) groups excluding carboxylic acids is 1. The molecule has 0 fully saturated rings. The minimum Gasteiger partial charge on any atom is -0.494 e. The number of benzene rings is 3. The smallest absolute Gasteiger partial charge is 0.252 e. The van der Waals surface area contributed by atoms with Crippen LogP contribution in [0.5, 0.6) is 5.75 Å². The van der Waals surface area contributed by atoms with E-state index in [0.717, 1.165) is 4.31 Å². The van der Waals surface area contributed by atoms with E-state index in [9.17, 15) is 22.4 Å². The van der Waals surface area contributed by atoms with Gasteiger partial charge >= 0.3 is 0 Å². The summed E-state index contributed by atoms with van der Waals surface area (Å²) in [4.78, 5) is 27.3. The molecule has 1 N–H and O–H groups in total. The molecule has 0 saturated heterocycles. The third kappa shape index (κ3) is 5.53. The molecule has 0 amide bonds. The third-order valence-electron chi connectivity index (χ3n) is 5.72. The van der Waals surface area contributed by atoms with Crippen molar-refractivity contribution in [3.8, 4) is 5.75 Å². The topological polar surface area (TPSA) is 96.5 Å². The number of pyridine rings is 1. The number of ether oxygens (including phenoxy) is 1. The van der Waals surface area contributed by atoms with Gasteiger partial charge in [0.25, 0.3) is 5.56 Å². The molecule has 186 valence electrons. The fourth-order valence-electron chi connectivity index (χ4n) is 3.82. The molecule has 0 spiro atoms. The summed E-state index contributed by atoms with van der Waals surface area (Å²) in [6, 6.07) is 18.0. The Morgan fingerprint density at radius 1 is 0.972 bits per heavy atom. The molecule has 0 aliphatic heterocycles. The minimum absolute atomic E-state index is 0.0227. The predicted molar refractivity (Wildman–Crippen MR) is 135 cm³/mol. The van der Waals surface area contributed by atoms with Crippen molar-refractivity contribution in [2.45, 2.75) is 31.8 Å². The number of H-pyrrole nitrogens is 1. The van der Waals surface area contributed by atoms with Crippen molar-refractivity contribution in [1.82, 2.24) is 9.29 Å². The molecule has 7 nitrogen and oxygen atoms in total. The zero-order chi connectivity index (χ0) is 25.9. The molecular weight excluding hydrogens is 483 g/mol. The molecule has 9 heteroatoms. The Morgan fingerprint density at radius 3 is 2.31 bits per heavy atom. The number of carbonyl (C=O) groups is 1. The SMILES string of the molecule is CCOc1ccc2[nH]c(=O)c(CN(Cc3ccc(F)cc3)S(=O)(=O)c3ccc(C(C)=O)cc3)cc2c1. The van der Waals surface area contributed by atoms with Crippen LogP contribution in [0, 0.1) is 5.82 Å². The predicted octanol–water partition coefficient (Wildman–Crippen LogP) is 4.66. The fourth-order valence-corrected chi connectivity index (χ4v) is 5.23. The second kappa shape index (κ2) is 10.4. The van der Waals surface area contributed by atoms with Gasteiger partial charge in [0.1, 0.15) is 11.6 Å². The van der Waals surface area contributed by atoms with E-state index in [2.05, 4.69) is 4.98 Å². The second-order valence-electron chi connectivity index (χ2n) is 8.29. The number of rotatable bonds is 9. The molecule has 0 radical (unpaired) electrons. The highest BCUT2D eigenvalue weighted by molar-refractivity contribution is 7.89. The molecule has 0 saturated carbocycles. The molecule has 0 aliphatic rings. The van der Waals surface area contributed by atoms with Crippen molar-refractivity contribution in [3.63, 3.8) is 0 Å². The normalized spacial score (nSPS) is 11.7. The number of sulfonamides is 1. The Hall–Kier alpha value is -3.82. The number of hydrogen-bond donors (Lipinski definition) is 1. The van der Waals surface area contributed by atoms with Gasteiger partial charge in [-0.25, -0.2) is 12.8 Å². The first-order valence-corrected chi connectivity index (χ1v) is 12.8. The minimum atomic E-state index is -4.09. The van der Waals surface area contributed by atoms with Crippen molar-refractivity contribution in [3.05, 3.63) is 106 Å². The second-order valence-corrected chi connectivity index (χ2v) is 10.2. The monoisotopic (exact) mass is 508 g/mol. The Morgan fingerprint density at radius 2 is 1.67 bits per heavy atom. The summed E-state index contributed by atoms with van der Waals surface area (Å²) < 4.78 is 47.4. The quantitative estimate of drug-likeness (QED) is 0.332. The maximum atomic E-state index is 13.6. The van der Waals surface area contributed by atoms with E-state index in [-0.39, 0.29) is 29.3 Å². The molecule has 1 aromatic heterocycles. The molecule has 1 heterocycles. The lowest BCUT2D eigenvalue weighted by atomic mass is 10.1. The number of halogens is 1. The van der Waals surface area contributed by atoms with Crippen molar-refractivity contribution in [2.75, 3.05) is 6.61 Å².